The molecule has 0 radical (unpaired) electrons. The van der Waals surface area contributed by atoms with E-state index in [1.807, 2.05) is 0 Å². The van der Waals surface area contributed by atoms with Crippen molar-refractivity contribution in [1.82, 2.24) is 4.37 Å². The highest BCUT2D eigenvalue weighted by Crippen LogP contribution is 2.67. The molecule has 1 N–H and O–H groups in total. The van der Waals surface area contributed by atoms with Crippen LogP contribution in [0.3, 0.4) is 0 Å². The Labute approximate surface area is 181 Å². The third-order valence-corrected chi connectivity index (χ3v) is 10.8. The van der Waals surface area contributed by atoms with Crippen molar-refractivity contribution < 1.29 is 5.11 Å². The molecule has 0 bridgehead atoms. The van der Waals surface area contributed by atoms with E-state index in [-0.39, 0.29) is 6.10 Å². The lowest BCUT2D eigenvalue weighted by molar-refractivity contribution is -0.0571. The van der Waals surface area contributed by atoms with Crippen molar-refractivity contribution in [1.29, 1.82) is 0 Å². The van der Waals surface area contributed by atoms with Gasteiger partial charge in [0.05, 0.1) is 6.10 Å². The van der Waals surface area contributed by atoms with Crippen LogP contribution >= 0.6 is 11.5 Å². The third kappa shape index (κ3) is 3.26. The summed E-state index contributed by atoms with van der Waals surface area (Å²) in [6.45, 7) is 7.75. The first-order chi connectivity index (χ1) is 13.9. The summed E-state index contributed by atoms with van der Waals surface area (Å²) in [4.78, 5) is 0. The molecule has 1 aromatic rings. The summed E-state index contributed by atoms with van der Waals surface area (Å²) in [5, 5.41) is 12.4. The van der Waals surface area contributed by atoms with E-state index in [1.54, 1.807) is 17.1 Å². The van der Waals surface area contributed by atoms with Gasteiger partial charge in [0.1, 0.15) is 0 Å². The SMILES string of the molecule is CC(CCc1cnsc1)[C@H]1CC[C@H]2[C@@H]3CC=C4C[C@@H](O)CC[C@]4(C)[C@H]3CC[C@]12C. The molecular formula is C26H39NOS. The number of fused-ring (bicyclic) bond motifs is 5. The molecule has 3 saturated carbocycles. The highest BCUT2D eigenvalue weighted by atomic mass is 32.1. The van der Waals surface area contributed by atoms with E-state index in [2.05, 4.69) is 42.8 Å². The maximum Gasteiger partial charge on any atom is 0.0577 e. The van der Waals surface area contributed by atoms with Gasteiger partial charge in [-0.2, -0.15) is 0 Å². The van der Waals surface area contributed by atoms with Crippen LogP contribution in [0.25, 0.3) is 0 Å². The molecule has 0 saturated heterocycles. The van der Waals surface area contributed by atoms with Crippen LogP contribution in [0.1, 0.15) is 84.1 Å². The Bertz CT molecular complexity index is 757. The average Bonchev–Trinajstić information content (AvgIpc) is 3.34. The fourth-order valence-corrected chi connectivity index (χ4v) is 9.13. The number of nitrogens with zero attached hydrogens (tertiary/aromatic N) is 1. The van der Waals surface area contributed by atoms with E-state index in [0.29, 0.717) is 10.8 Å². The molecule has 29 heavy (non-hydrogen) atoms. The molecule has 4 aliphatic carbocycles. The van der Waals surface area contributed by atoms with Gasteiger partial charge in [-0.25, -0.2) is 4.37 Å². The summed E-state index contributed by atoms with van der Waals surface area (Å²) in [5.41, 5.74) is 3.96. The van der Waals surface area contributed by atoms with E-state index in [9.17, 15) is 5.11 Å². The van der Waals surface area contributed by atoms with Crippen molar-refractivity contribution in [2.75, 3.05) is 0 Å². The maximum absolute atomic E-state index is 10.2. The summed E-state index contributed by atoms with van der Waals surface area (Å²) in [6.07, 6.45) is 17.3. The van der Waals surface area contributed by atoms with Crippen LogP contribution in [-0.2, 0) is 6.42 Å². The number of aliphatic hydroxyl groups is 1. The minimum Gasteiger partial charge on any atom is -0.393 e. The van der Waals surface area contributed by atoms with Gasteiger partial charge in [0.25, 0.3) is 0 Å². The molecule has 0 aliphatic heterocycles. The number of hydrogen-bond acceptors (Lipinski definition) is 3. The highest BCUT2D eigenvalue weighted by molar-refractivity contribution is 7.03. The van der Waals surface area contributed by atoms with Crippen LogP contribution in [0, 0.1) is 40.4 Å². The van der Waals surface area contributed by atoms with Gasteiger partial charge in [0, 0.05) is 11.6 Å². The first-order valence-electron chi connectivity index (χ1n) is 12.2. The average molecular weight is 414 g/mol. The Balaban J connectivity index is 1.33. The van der Waals surface area contributed by atoms with Crippen molar-refractivity contribution in [3.8, 4) is 0 Å². The van der Waals surface area contributed by atoms with Gasteiger partial charge in [-0.3, -0.25) is 0 Å². The fraction of sp³-hybridized carbons (Fsp3) is 0.808. The zero-order valence-electron chi connectivity index (χ0n) is 18.6. The monoisotopic (exact) mass is 413 g/mol. The number of aliphatic hydroxyl groups excluding tert-OH is 1. The number of rotatable bonds is 4. The van der Waals surface area contributed by atoms with E-state index < -0.39 is 0 Å². The van der Waals surface area contributed by atoms with Gasteiger partial charge in [0.2, 0.25) is 0 Å². The van der Waals surface area contributed by atoms with Crippen LogP contribution in [0.5, 0.6) is 0 Å². The lowest BCUT2D eigenvalue weighted by Gasteiger charge is -2.58. The van der Waals surface area contributed by atoms with E-state index in [4.69, 9.17) is 0 Å². The molecule has 4 aliphatic rings. The Morgan fingerprint density at radius 2 is 2.03 bits per heavy atom. The predicted octanol–water partition coefficient (Wildman–Crippen LogP) is 6.65. The quantitative estimate of drug-likeness (QED) is 0.560. The Morgan fingerprint density at radius 3 is 2.83 bits per heavy atom. The second kappa shape index (κ2) is 7.48. The second-order valence-corrected chi connectivity index (χ2v) is 12.1. The van der Waals surface area contributed by atoms with Crippen molar-refractivity contribution in [2.45, 2.75) is 91.1 Å². The molecule has 1 aromatic heterocycles. The lowest BCUT2D eigenvalue weighted by atomic mass is 9.47. The minimum absolute atomic E-state index is 0.0881. The summed E-state index contributed by atoms with van der Waals surface area (Å²) in [6, 6.07) is 0. The number of aromatic nitrogens is 1. The number of hydrogen-bond donors (Lipinski definition) is 1. The first-order valence-corrected chi connectivity index (χ1v) is 13.0. The molecule has 3 heteroatoms. The number of aryl methyl sites for hydroxylation is 1. The van der Waals surface area contributed by atoms with Gasteiger partial charge in [-0.05, 0) is 122 Å². The van der Waals surface area contributed by atoms with Gasteiger partial charge >= 0.3 is 0 Å². The van der Waals surface area contributed by atoms with Crippen LogP contribution in [0.2, 0.25) is 0 Å². The van der Waals surface area contributed by atoms with Crippen molar-refractivity contribution >= 4 is 11.5 Å². The normalized spacial score (nSPS) is 45.1. The molecule has 2 nitrogen and oxygen atoms in total. The Hall–Kier alpha value is -0.670. The molecule has 8 atom stereocenters. The molecule has 5 rings (SSSR count). The van der Waals surface area contributed by atoms with Crippen molar-refractivity contribution in [3.05, 3.63) is 28.8 Å². The summed E-state index contributed by atoms with van der Waals surface area (Å²) in [7, 11) is 0. The van der Waals surface area contributed by atoms with Crippen LogP contribution in [0.15, 0.2) is 23.2 Å². The standard InChI is InChI=1S/C26H39NOS/c1-17(4-5-18-15-27-29-16-18)22-8-9-23-21-7-6-19-14-20(28)10-12-25(19,2)24(21)11-13-26(22,23)3/h6,15-17,20-24,28H,4-5,7-14H2,1-3H3/t17?,20-,21-,22+,23-,24-,25-,26+/m0/s1. The largest absolute Gasteiger partial charge is 0.393 e. The molecule has 3 fully saturated rings. The lowest BCUT2D eigenvalue weighted by Crippen LogP contribution is -2.50. The zero-order chi connectivity index (χ0) is 20.2. The summed E-state index contributed by atoms with van der Waals surface area (Å²) in [5.74, 6) is 4.37. The van der Waals surface area contributed by atoms with Gasteiger partial charge in [0.15, 0.2) is 0 Å². The molecule has 0 aromatic carbocycles. The van der Waals surface area contributed by atoms with Crippen LogP contribution in [0.4, 0.5) is 0 Å². The van der Waals surface area contributed by atoms with Crippen molar-refractivity contribution in [2.24, 2.45) is 40.4 Å². The smallest absolute Gasteiger partial charge is 0.0577 e. The fourth-order valence-electron chi connectivity index (χ4n) is 8.56. The molecular weight excluding hydrogens is 374 g/mol. The Kier molecular flexibility index (Phi) is 5.22. The van der Waals surface area contributed by atoms with Crippen LogP contribution < -0.4 is 0 Å². The first kappa shape index (κ1) is 20.2. The van der Waals surface area contributed by atoms with Crippen LogP contribution in [-0.4, -0.2) is 15.6 Å². The van der Waals surface area contributed by atoms with E-state index in [0.717, 1.165) is 42.4 Å². The second-order valence-electron chi connectivity index (χ2n) is 11.4. The molecule has 1 heterocycles. The Morgan fingerprint density at radius 1 is 1.17 bits per heavy atom. The maximum atomic E-state index is 10.2. The minimum atomic E-state index is -0.0881. The molecule has 160 valence electrons. The molecule has 0 amide bonds. The third-order valence-electron chi connectivity index (χ3n) is 10.2. The highest BCUT2D eigenvalue weighted by Gasteiger charge is 2.59. The topological polar surface area (TPSA) is 33.1 Å². The van der Waals surface area contributed by atoms with E-state index in [1.165, 1.54) is 56.9 Å². The van der Waals surface area contributed by atoms with Gasteiger partial charge in [-0.15, -0.1) is 0 Å². The summed E-state index contributed by atoms with van der Waals surface area (Å²) < 4.78 is 4.29. The predicted molar refractivity (Wildman–Crippen MR) is 121 cm³/mol. The molecule has 0 spiro atoms. The number of allylic oxidation sites excluding steroid dienone is 1. The molecule has 1 unspecified atom stereocenters. The zero-order valence-corrected chi connectivity index (χ0v) is 19.4. The van der Waals surface area contributed by atoms with Gasteiger partial charge in [-0.1, -0.05) is 32.4 Å². The van der Waals surface area contributed by atoms with Crippen molar-refractivity contribution in [3.63, 3.8) is 0 Å². The summed E-state index contributed by atoms with van der Waals surface area (Å²) >= 11 is 1.59. The van der Waals surface area contributed by atoms with Gasteiger partial charge < -0.3 is 5.11 Å². The van der Waals surface area contributed by atoms with E-state index >= 15 is 0 Å².